The van der Waals surface area contributed by atoms with Crippen molar-refractivity contribution in [2.24, 2.45) is 0 Å². The van der Waals surface area contributed by atoms with Gasteiger partial charge in [-0.15, -0.1) is 0 Å². The first kappa shape index (κ1) is 14.2. The van der Waals surface area contributed by atoms with E-state index in [1.165, 1.54) is 6.20 Å². The molecule has 1 fully saturated rings. The molecule has 1 aliphatic heterocycles. The summed E-state index contributed by atoms with van der Waals surface area (Å²) in [5.74, 6) is -0.208. The number of pyridine rings is 1. The summed E-state index contributed by atoms with van der Waals surface area (Å²) >= 11 is 3.24. The number of halogens is 1. The Kier molecular flexibility index (Phi) is 4.28. The number of hydrogen-bond acceptors (Lipinski definition) is 4. The molecule has 1 aliphatic rings. The average Bonchev–Trinajstić information content (AvgIpc) is 3.02. The second-order valence-electron chi connectivity index (χ2n) is 4.52. The van der Waals surface area contributed by atoms with E-state index in [1.54, 1.807) is 12.1 Å². The molecule has 21 heavy (non-hydrogen) atoms. The number of aromatic nitrogens is 1. The number of nitrogens with one attached hydrogen (secondary N) is 1. The quantitative estimate of drug-likeness (QED) is 0.865. The molecule has 1 amide bonds. The Labute approximate surface area is 130 Å². The molecule has 5 nitrogen and oxygen atoms in total. The zero-order valence-electron chi connectivity index (χ0n) is 11.1. The van der Waals surface area contributed by atoms with Crippen molar-refractivity contribution in [2.45, 2.75) is 6.29 Å². The molecule has 0 bridgehead atoms. The molecule has 1 saturated heterocycles. The minimum absolute atomic E-state index is 0.208. The first-order chi connectivity index (χ1) is 10.2. The van der Waals surface area contributed by atoms with Gasteiger partial charge >= 0.3 is 0 Å². The standard InChI is InChI=1S/C15H13BrN2O3/c16-13-5-4-11(9-17-13)14(19)18-12-3-1-2-10(8-12)15-20-6-7-21-15/h1-5,8-9,15H,6-7H2,(H,18,19). The molecule has 0 radical (unpaired) electrons. The highest BCUT2D eigenvalue weighted by Gasteiger charge is 2.18. The average molecular weight is 349 g/mol. The third-order valence-corrected chi connectivity index (χ3v) is 3.50. The summed E-state index contributed by atoms with van der Waals surface area (Å²) in [5, 5.41) is 2.84. The molecule has 1 N–H and O–H groups in total. The second-order valence-corrected chi connectivity index (χ2v) is 5.34. The summed E-state index contributed by atoms with van der Waals surface area (Å²) in [6, 6.07) is 10.9. The Bertz CT molecular complexity index is 640. The minimum atomic E-state index is -0.351. The van der Waals surface area contributed by atoms with E-state index in [0.29, 0.717) is 29.1 Å². The van der Waals surface area contributed by atoms with Gasteiger partial charge < -0.3 is 14.8 Å². The van der Waals surface area contributed by atoms with Crippen molar-refractivity contribution in [3.8, 4) is 0 Å². The van der Waals surface area contributed by atoms with Gasteiger partial charge in [0.2, 0.25) is 0 Å². The molecule has 0 spiro atoms. The summed E-state index contributed by atoms with van der Waals surface area (Å²) in [7, 11) is 0. The molecule has 0 saturated carbocycles. The van der Waals surface area contributed by atoms with E-state index in [0.717, 1.165) is 5.56 Å². The lowest BCUT2D eigenvalue weighted by atomic mass is 10.2. The monoisotopic (exact) mass is 348 g/mol. The van der Waals surface area contributed by atoms with E-state index in [1.807, 2.05) is 24.3 Å². The third-order valence-electron chi connectivity index (χ3n) is 3.03. The van der Waals surface area contributed by atoms with Crippen LogP contribution in [0.25, 0.3) is 0 Å². The van der Waals surface area contributed by atoms with E-state index in [2.05, 4.69) is 26.2 Å². The van der Waals surface area contributed by atoms with Crippen molar-refractivity contribution in [3.63, 3.8) is 0 Å². The number of hydrogen-bond donors (Lipinski definition) is 1. The Balaban J connectivity index is 1.73. The molecule has 1 aromatic carbocycles. The smallest absolute Gasteiger partial charge is 0.257 e. The van der Waals surface area contributed by atoms with Gasteiger partial charge in [0.1, 0.15) is 4.60 Å². The van der Waals surface area contributed by atoms with Crippen LogP contribution in [0.2, 0.25) is 0 Å². The Morgan fingerprint density at radius 1 is 1.24 bits per heavy atom. The number of carbonyl (C=O) groups excluding carboxylic acids is 1. The number of carbonyl (C=O) groups is 1. The van der Waals surface area contributed by atoms with Crippen LogP contribution >= 0.6 is 15.9 Å². The van der Waals surface area contributed by atoms with Crippen LogP contribution < -0.4 is 5.32 Å². The van der Waals surface area contributed by atoms with Crippen molar-refractivity contribution in [3.05, 3.63) is 58.3 Å². The van der Waals surface area contributed by atoms with E-state index >= 15 is 0 Å². The van der Waals surface area contributed by atoms with E-state index in [9.17, 15) is 4.79 Å². The number of nitrogens with zero attached hydrogens (tertiary/aromatic N) is 1. The maximum Gasteiger partial charge on any atom is 0.257 e. The maximum atomic E-state index is 12.1. The molecule has 1 aromatic heterocycles. The highest BCUT2D eigenvalue weighted by molar-refractivity contribution is 9.10. The first-order valence-corrected chi connectivity index (χ1v) is 7.28. The van der Waals surface area contributed by atoms with Crippen LogP contribution in [0.5, 0.6) is 0 Å². The summed E-state index contributed by atoms with van der Waals surface area (Å²) in [4.78, 5) is 16.2. The molecule has 0 unspecified atom stereocenters. The predicted molar refractivity (Wildman–Crippen MR) is 81.0 cm³/mol. The van der Waals surface area contributed by atoms with E-state index in [-0.39, 0.29) is 12.2 Å². The fourth-order valence-corrected chi connectivity index (χ4v) is 2.26. The molecule has 3 rings (SSSR count). The lowest BCUT2D eigenvalue weighted by Crippen LogP contribution is -2.12. The lowest BCUT2D eigenvalue weighted by molar-refractivity contribution is -0.0440. The zero-order valence-corrected chi connectivity index (χ0v) is 12.7. The molecule has 2 heterocycles. The Morgan fingerprint density at radius 2 is 2.05 bits per heavy atom. The number of rotatable bonds is 3. The van der Waals surface area contributed by atoms with Gasteiger partial charge in [0.25, 0.3) is 5.91 Å². The maximum absolute atomic E-state index is 12.1. The zero-order chi connectivity index (χ0) is 14.7. The number of anilines is 1. The van der Waals surface area contributed by atoms with Gasteiger partial charge in [-0.2, -0.15) is 0 Å². The van der Waals surface area contributed by atoms with Crippen LogP contribution in [0, 0.1) is 0 Å². The number of benzene rings is 1. The van der Waals surface area contributed by atoms with Crippen molar-refractivity contribution in [1.29, 1.82) is 0 Å². The summed E-state index contributed by atoms with van der Waals surface area (Å²) < 4.78 is 11.6. The summed E-state index contributed by atoms with van der Waals surface area (Å²) in [6.45, 7) is 1.18. The molecule has 0 atom stereocenters. The van der Waals surface area contributed by atoms with Crippen molar-refractivity contribution in [2.75, 3.05) is 18.5 Å². The predicted octanol–water partition coefficient (Wildman–Crippen LogP) is 3.14. The van der Waals surface area contributed by atoms with Crippen molar-refractivity contribution in [1.82, 2.24) is 4.98 Å². The van der Waals surface area contributed by atoms with Gasteiger partial charge in [-0.3, -0.25) is 4.79 Å². The molecule has 0 aliphatic carbocycles. The molecule has 6 heteroatoms. The van der Waals surface area contributed by atoms with Gasteiger partial charge in [0.15, 0.2) is 6.29 Å². The number of ether oxygens (including phenoxy) is 2. The SMILES string of the molecule is O=C(Nc1cccc(C2OCCO2)c1)c1ccc(Br)nc1. The van der Waals surface area contributed by atoms with Gasteiger partial charge in [-0.1, -0.05) is 12.1 Å². The molecule has 2 aromatic rings. The van der Waals surface area contributed by atoms with Crippen LogP contribution in [0.15, 0.2) is 47.2 Å². The largest absolute Gasteiger partial charge is 0.346 e. The molecule has 108 valence electrons. The normalized spacial score (nSPS) is 15.1. The fraction of sp³-hybridized carbons (Fsp3) is 0.200. The van der Waals surface area contributed by atoms with Crippen LogP contribution in [0.3, 0.4) is 0 Å². The van der Waals surface area contributed by atoms with Gasteiger partial charge in [-0.25, -0.2) is 4.98 Å². The second kappa shape index (κ2) is 6.34. The van der Waals surface area contributed by atoms with Gasteiger partial charge in [0.05, 0.1) is 18.8 Å². The fourth-order valence-electron chi connectivity index (χ4n) is 2.03. The van der Waals surface area contributed by atoms with E-state index in [4.69, 9.17) is 9.47 Å². The summed E-state index contributed by atoms with van der Waals surface area (Å²) in [5.41, 5.74) is 2.08. The minimum Gasteiger partial charge on any atom is -0.346 e. The topological polar surface area (TPSA) is 60.5 Å². The highest BCUT2D eigenvalue weighted by Crippen LogP contribution is 2.25. The number of amides is 1. The Morgan fingerprint density at radius 3 is 2.76 bits per heavy atom. The third kappa shape index (κ3) is 3.47. The van der Waals surface area contributed by atoms with Crippen LogP contribution in [0.4, 0.5) is 5.69 Å². The molecular weight excluding hydrogens is 336 g/mol. The Hall–Kier alpha value is -1.76. The van der Waals surface area contributed by atoms with Gasteiger partial charge in [-0.05, 0) is 40.2 Å². The van der Waals surface area contributed by atoms with Crippen molar-refractivity contribution >= 4 is 27.5 Å². The lowest BCUT2D eigenvalue weighted by Gasteiger charge is -2.11. The first-order valence-electron chi connectivity index (χ1n) is 6.48. The van der Waals surface area contributed by atoms with Crippen LogP contribution in [0.1, 0.15) is 22.2 Å². The highest BCUT2D eigenvalue weighted by atomic mass is 79.9. The van der Waals surface area contributed by atoms with Crippen LogP contribution in [-0.2, 0) is 9.47 Å². The van der Waals surface area contributed by atoms with Crippen molar-refractivity contribution < 1.29 is 14.3 Å². The molecular formula is C15H13BrN2O3. The summed E-state index contributed by atoms with van der Waals surface area (Å²) in [6.07, 6.45) is 1.17. The van der Waals surface area contributed by atoms with Crippen LogP contribution in [-0.4, -0.2) is 24.1 Å². The van der Waals surface area contributed by atoms with Gasteiger partial charge in [0, 0.05) is 17.4 Å². The van der Waals surface area contributed by atoms with E-state index < -0.39 is 0 Å².